The van der Waals surface area contributed by atoms with Crippen LogP contribution in [0.4, 0.5) is 0 Å². The molecule has 0 aliphatic heterocycles. The highest BCUT2D eigenvalue weighted by molar-refractivity contribution is 6.00. The number of nitrogen functional groups attached to an aromatic ring is 2. The highest BCUT2D eigenvalue weighted by Gasteiger charge is 2.12. The quantitative estimate of drug-likeness (QED) is 0.310. The second-order valence-corrected chi connectivity index (χ2v) is 6.77. The molecule has 0 amide bonds. The maximum atomic E-state index is 7.60. The molecule has 6 nitrogen and oxygen atoms in total. The van der Waals surface area contributed by atoms with Gasteiger partial charge in [0.2, 0.25) is 0 Å². The maximum Gasteiger partial charge on any atom is 0.135 e. The number of hydrogen-bond donors (Lipinski definition) is 4. The Hall–Kier alpha value is -3.80. The van der Waals surface area contributed by atoms with Crippen molar-refractivity contribution in [3.8, 4) is 0 Å². The van der Waals surface area contributed by atoms with Gasteiger partial charge in [0.15, 0.2) is 0 Å². The van der Waals surface area contributed by atoms with Crippen LogP contribution in [0.5, 0.6) is 0 Å². The third-order valence-electron chi connectivity index (χ3n) is 4.96. The summed E-state index contributed by atoms with van der Waals surface area (Å²) in [6.07, 6.45) is 3.75. The van der Waals surface area contributed by atoms with E-state index in [1.54, 1.807) is 12.1 Å². The molecule has 0 unspecified atom stereocenters. The topological polar surface area (TPSA) is 126 Å². The highest BCUT2D eigenvalue weighted by atomic mass is 16.3. The predicted molar refractivity (Wildman–Crippen MR) is 113 cm³/mol. The first kappa shape index (κ1) is 17.6. The molecule has 28 heavy (non-hydrogen) atoms. The third-order valence-corrected chi connectivity index (χ3v) is 4.96. The molecule has 0 spiro atoms. The summed E-state index contributed by atoms with van der Waals surface area (Å²) in [5.74, 6) is 1.48. The Labute approximate surface area is 161 Å². The summed E-state index contributed by atoms with van der Waals surface area (Å²) in [7, 11) is 0. The summed E-state index contributed by atoms with van der Waals surface area (Å²) in [6.45, 7) is 3.96. The maximum absolute atomic E-state index is 7.60. The fourth-order valence-corrected chi connectivity index (χ4v) is 3.29. The molecule has 2 heterocycles. The van der Waals surface area contributed by atoms with E-state index in [4.69, 9.17) is 31.1 Å². The molecule has 4 rings (SSSR count). The summed E-state index contributed by atoms with van der Waals surface area (Å²) in [5, 5.41) is 17.1. The minimum atomic E-state index is 0.0101. The molecule has 0 saturated heterocycles. The molecule has 0 aliphatic carbocycles. The first-order valence-electron chi connectivity index (χ1n) is 8.78. The molecule has 0 bridgehead atoms. The lowest BCUT2D eigenvalue weighted by molar-refractivity contribution is 0.596. The number of amidine groups is 2. The van der Waals surface area contributed by atoms with Gasteiger partial charge in [0, 0.05) is 33.0 Å². The zero-order valence-corrected chi connectivity index (χ0v) is 15.6. The molecule has 0 fully saturated rings. The van der Waals surface area contributed by atoms with Gasteiger partial charge in [0.1, 0.15) is 34.4 Å². The van der Waals surface area contributed by atoms with E-state index in [1.165, 1.54) is 0 Å². The van der Waals surface area contributed by atoms with Crippen molar-refractivity contribution in [2.75, 3.05) is 0 Å². The lowest BCUT2D eigenvalue weighted by atomic mass is 10.1. The van der Waals surface area contributed by atoms with Crippen molar-refractivity contribution in [1.82, 2.24) is 0 Å². The summed E-state index contributed by atoms with van der Waals surface area (Å²) in [6, 6.07) is 11.0. The Morgan fingerprint density at radius 1 is 0.750 bits per heavy atom. The van der Waals surface area contributed by atoms with E-state index in [2.05, 4.69) is 0 Å². The molecule has 140 valence electrons. The normalized spacial score (nSPS) is 11.6. The Balaban J connectivity index is 1.74. The Morgan fingerprint density at radius 3 is 1.93 bits per heavy atom. The Bertz CT molecular complexity index is 1290. The molecule has 2 aromatic carbocycles. The summed E-state index contributed by atoms with van der Waals surface area (Å²) in [5.41, 5.74) is 15.9. The molecule has 6 heteroatoms. The van der Waals surface area contributed by atoms with Crippen molar-refractivity contribution >= 4 is 45.8 Å². The van der Waals surface area contributed by atoms with Crippen LogP contribution in [0.15, 0.2) is 45.2 Å². The van der Waals surface area contributed by atoms with Crippen molar-refractivity contribution in [1.29, 1.82) is 10.8 Å². The number of benzene rings is 2. The minimum Gasteiger partial charge on any atom is -0.456 e. The van der Waals surface area contributed by atoms with Crippen LogP contribution in [0.3, 0.4) is 0 Å². The van der Waals surface area contributed by atoms with Crippen LogP contribution in [0, 0.1) is 24.7 Å². The number of nitrogens with two attached hydrogens (primary N) is 2. The second-order valence-electron chi connectivity index (χ2n) is 6.77. The standard InChI is InChI=1S/C22H20N4O2/c1-11-15-5-3-14(22(25)26)10-20(15)28-17(11)7-8-18-12(2)16-9-13(21(23)24)4-6-19(16)27-18/h3-10H,1-2H3,(H3,23,24)(H3,25,26)/b8-7+. The van der Waals surface area contributed by atoms with Crippen LogP contribution >= 0.6 is 0 Å². The van der Waals surface area contributed by atoms with E-state index < -0.39 is 0 Å². The zero-order valence-electron chi connectivity index (χ0n) is 15.6. The van der Waals surface area contributed by atoms with Crippen LogP contribution < -0.4 is 11.5 Å². The van der Waals surface area contributed by atoms with Crippen molar-refractivity contribution in [3.05, 3.63) is 70.2 Å². The lowest BCUT2D eigenvalue weighted by Crippen LogP contribution is -2.10. The smallest absolute Gasteiger partial charge is 0.135 e. The van der Waals surface area contributed by atoms with Gasteiger partial charge in [-0.15, -0.1) is 0 Å². The van der Waals surface area contributed by atoms with E-state index in [0.717, 1.165) is 39.0 Å². The van der Waals surface area contributed by atoms with Crippen molar-refractivity contribution in [3.63, 3.8) is 0 Å². The van der Waals surface area contributed by atoms with Gasteiger partial charge in [0.05, 0.1) is 0 Å². The van der Waals surface area contributed by atoms with Gasteiger partial charge >= 0.3 is 0 Å². The molecule has 0 aliphatic rings. The van der Waals surface area contributed by atoms with Gasteiger partial charge in [-0.3, -0.25) is 10.8 Å². The molecule has 2 aromatic heterocycles. The average Bonchev–Trinajstić information content (AvgIpc) is 3.16. The third kappa shape index (κ3) is 2.85. The van der Waals surface area contributed by atoms with E-state index in [0.29, 0.717) is 16.7 Å². The van der Waals surface area contributed by atoms with E-state index >= 15 is 0 Å². The fourth-order valence-electron chi connectivity index (χ4n) is 3.29. The molecule has 0 radical (unpaired) electrons. The van der Waals surface area contributed by atoms with Gasteiger partial charge in [-0.1, -0.05) is 12.1 Å². The number of nitrogens with one attached hydrogen (secondary N) is 2. The molecule has 4 aromatic rings. The number of hydrogen-bond acceptors (Lipinski definition) is 4. The summed E-state index contributed by atoms with van der Waals surface area (Å²) in [4.78, 5) is 0. The van der Waals surface area contributed by atoms with Gasteiger partial charge in [-0.25, -0.2) is 0 Å². The van der Waals surface area contributed by atoms with E-state index in [-0.39, 0.29) is 11.7 Å². The Kier molecular flexibility index (Phi) is 4.04. The number of furan rings is 2. The first-order chi connectivity index (χ1) is 13.3. The first-order valence-corrected chi connectivity index (χ1v) is 8.78. The van der Waals surface area contributed by atoms with Crippen LogP contribution in [0.2, 0.25) is 0 Å². The van der Waals surface area contributed by atoms with Gasteiger partial charge < -0.3 is 20.3 Å². The average molecular weight is 372 g/mol. The lowest BCUT2D eigenvalue weighted by Gasteiger charge is -1.97. The molecule has 0 atom stereocenters. The van der Waals surface area contributed by atoms with Gasteiger partial charge in [-0.2, -0.15) is 0 Å². The van der Waals surface area contributed by atoms with Crippen molar-refractivity contribution in [2.24, 2.45) is 11.5 Å². The zero-order chi connectivity index (χ0) is 20.0. The van der Waals surface area contributed by atoms with E-state index in [1.807, 2.05) is 50.3 Å². The second kappa shape index (κ2) is 6.42. The van der Waals surface area contributed by atoms with Crippen LogP contribution in [0.25, 0.3) is 34.1 Å². The summed E-state index contributed by atoms with van der Waals surface area (Å²) < 4.78 is 11.9. The SMILES string of the molecule is Cc1c(/C=C/c2oc3ccc(C(=N)N)cc3c2C)oc2cc(C(=N)N)ccc12. The molecular weight excluding hydrogens is 352 g/mol. The van der Waals surface area contributed by atoms with Gasteiger partial charge in [-0.05, 0) is 50.3 Å². The highest BCUT2D eigenvalue weighted by Crippen LogP contribution is 2.30. The van der Waals surface area contributed by atoms with Crippen molar-refractivity contribution in [2.45, 2.75) is 13.8 Å². The van der Waals surface area contributed by atoms with Crippen LogP contribution in [0.1, 0.15) is 33.8 Å². The monoisotopic (exact) mass is 372 g/mol. The summed E-state index contributed by atoms with van der Waals surface area (Å²) >= 11 is 0. The predicted octanol–water partition coefficient (Wildman–Crippen LogP) is 4.53. The van der Waals surface area contributed by atoms with Gasteiger partial charge in [0.25, 0.3) is 0 Å². The van der Waals surface area contributed by atoms with Crippen LogP contribution in [-0.2, 0) is 0 Å². The molecule has 0 saturated carbocycles. The van der Waals surface area contributed by atoms with Crippen molar-refractivity contribution < 1.29 is 8.83 Å². The minimum absolute atomic E-state index is 0.0101. The number of rotatable bonds is 4. The molecule has 6 N–H and O–H groups in total. The van der Waals surface area contributed by atoms with E-state index in [9.17, 15) is 0 Å². The van der Waals surface area contributed by atoms with Crippen LogP contribution in [-0.4, -0.2) is 11.7 Å². The largest absolute Gasteiger partial charge is 0.456 e. The fraction of sp³-hybridized carbons (Fsp3) is 0.0909. The Morgan fingerprint density at radius 2 is 1.29 bits per heavy atom. The number of aryl methyl sites for hydroxylation is 2. The number of fused-ring (bicyclic) bond motifs is 2. The molecular formula is C22H20N4O2.